The molecule has 0 aliphatic heterocycles. The monoisotopic (exact) mass is 710 g/mol. The summed E-state index contributed by atoms with van der Waals surface area (Å²) < 4.78 is 67.0. The molecule has 204 valence electrons. The van der Waals surface area contributed by atoms with Gasteiger partial charge in [-0.05, 0) is 75.0 Å². The van der Waals surface area contributed by atoms with E-state index >= 15 is 0 Å². The Labute approximate surface area is 238 Å². The summed E-state index contributed by atoms with van der Waals surface area (Å²) in [5, 5.41) is 31.3. The van der Waals surface area contributed by atoms with E-state index in [1.807, 2.05) is 22.6 Å². The van der Waals surface area contributed by atoms with Gasteiger partial charge in [0, 0.05) is 20.5 Å². The molecule has 16 nitrogen and oxygen atoms in total. The second kappa shape index (κ2) is 10.9. The number of nitrogens with zero attached hydrogens (tertiary/aromatic N) is 6. The molecule has 0 amide bonds. The van der Waals surface area contributed by atoms with Crippen LogP contribution in [0.2, 0.25) is 0 Å². The number of rotatable bonds is 7. The molecule has 39 heavy (non-hydrogen) atoms. The molecule has 4 rings (SSSR count). The topological polar surface area (TPSA) is 230 Å². The van der Waals surface area contributed by atoms with Crippen LogP contribution in [0.5, 0.6) is 0 Å². The zero-order valence-corrected chi connectivity index (χ0v) is 23.2. The largest absolute Gasteiger partial charge is 1.00 e. The molecule has 20 heteroatoms. The van der Waals surface area contributed by atoms with Crippen LogP contribution in [0.4, 0.5) is 11.4 Å². The number of tetrazole rings is 1. The van der Waals surface area contributed by atoms with Gasteiger partial charge in [0.25, 0.3) is 31.6 Å². The number of halogens is 2. The zero-order valence-electron chi connectivity index (χ0n) is 18.7. The number of hydrogen-bond acceptors (Lipinski definition) is 10. The first-order valence-corrected chi connectivity index (χ1v) is 13.8. The average Bonchev–Trinajstić information content (AvgIpc) is 3.27. The van der Waals surface area contributed by atoms with Crippen molar-refractivity contribution in [2.45, 2.75) is 9.79 Å². The van der Waals surface area contributed by atoms with Crippen LogP contribution in [0.25, 0.3) is 22.8 Å². The van der Waals surface area contributed by atoms with Crippen molar-refractivity contribution in [2.24, 2.45) is 0 Å². The number of benzene rings is 3. The Morgan fingerprint density at radius 2 is 1.51 bits per heavy atom. The standard InChI is InChI=1S/C19H11IN6O10S2.ClH/c20-11-1-3-12(4-2-11)23-21-19(15-7-6-14(37(31,32)33)10-18(15)38(34,35)36)22-24(23)16-8-5-13(25(27)28)9-17(16)26(29)30;/h1-10H,(H-,31,32,33,34,35,36);1H. The molecule has 1 aromatic heterocycles. The molecule has 0 saturated heterocycles. The minimum atomic E-state index is -5.10. The number of hydrogen-bond donors (Lipinski definition) is 2. The molecular weight excluding hydrogens is 699 g/mol. The lowest BCUT2D eigenvalue weighted by molar-refractivity contribution is -0.736. The van der Waals surface area contributed by atoms with Crippen LogP contribution >= 0.6 is 22.6 Å². The fourth-order valence-electron chi connectivity index (χ4n) is 3.29. The van der Waals surface area contributed by atoms with E-state index in [4.69, 9.17) is 0 Å². The summed E-state index contributed by atoms with van der Waals surface area (Å²) in [6, 6.07) is 11.4. The van der Waals surface area contributed by atoms with E-state index in [0.717, 1.165) is 37.4 Å². The molecule has 4 aromatic rings. The van der Waals surface area contributed by atoms with Crippen molar-refractivity contribution in [3.8, 4) is 22.8 Å². The Balaban J connectivity index is 0.00000420. The molecule has 2 N–H and O–H groups in total. The van der Waals surface area contributed by atoms with Gasteiger partial charge in [0.15, 0.2) is 0 Å². The molecule has 0 bridgehead atoms. The van der Waals surface area contributed by atoms with Gasteiger partial charge in [-0.1, -0.05) is 0 Å². The molecule has 0 spiro atoms. The third-order valence-electron chi connectivity index (χ3n) is 4.97. The highest BCUT2D eigenvalue weighted by molar-refractivity contribution is 14.1. The van der Waals surface area contributed by atoms with Gasteiger partial charge in [-0.15, -0.1) is 0 Å². The van der Waals surface area contributed by atoms with Crippen LogP contribution in [-0.2, 0) is 20.2 Å². The Morgan fingerprint density at radius 1 is 0.872 bits per heavy atom. The third-order valence-corrected chi connectivity index (χ3v) is 7.43. The van der Waals surface area contributed by atoms with Crippen LogP contribution in [0.3, 0.4) is 0 Å². The number of nitro benzene ring substituents is 2. The first-order chi connectivity index (χ1) is 17.7. The molecule has 0 fully saturated rings. The van der Waals surface area contributed by atoms with E-state index in [1.165, 1.54) is 0 Å². The average molecular weight is 711 g/mol. The van der Waals surface area contributed by atoms with Gasteiger partial charge in [-0.25, -0.2) is 0 Å². The predicted octanol–water partition coefficient (Wildman–Crippen LogP) is -0.871. The molecule has 3 aromatic carbocycles. The summed E-state index contributed by atoms with van der Waals surface area (Å²) in [5.41, 5.74) is -1.73. The molecule has 0 unspecified atom stereocenters. The smallest absolute Gasteiger partial charge is 0.341 e. The highest BCUT2D eigenvalue weighted by Crippen LogP contribution is 2.29. The van der Waals surface area contributed by atoms with Gasteiger partial charge >= 0.3 is 11.5 Å². The lowest BCUT2D eigenvalue weighted by Crippen LogP contribution is -3.00. The quantitative estimate of drug-likeness (QED) is 0.0784. The van der Waals surface area contributed by atoms with E-state index in [2.05, 4.69) is 10.2 Å². The van der Waals surface area contributed by atoms with Crippen molar-refractivity contribution in [3.05, 3.63) is 84.5 Å². The maximum atomic E-state index is 12.1. The van der Waals surface area contributed by atoms with Gasteiger partial charge in [-0.3, -0.25) is 29.3 Å². The Hall–Kier alpha value is -3.63. The van der Waals surface area contributed by atoms with Crippen LogP contribution < -0.4 is 17.2 Å². The second-order valence-corrected chi connectivity index (χ2v) is 11.4. The van der Waals surface area contributed by atoms with Crippen molar-refractivity contribution >= 4 is 54.2 Å². The summed E-state index contributed by atoms with van der Waals surface area (Å²) in [5.74, 6) is -0.439. The van der Waals surface area contributed by atoms with Crippen molar-refractivity contribution in [2.75, 3.05) is 0 Å². The van der Waals surface area contributed by atoms with Gasteiger partial charge in [0.05, 0.1) is 31.5 Å². The lowest BCUT2D eigenvalue weighted by Gasteiger charge is -2.03. The lowest BCUT2D eigenvalue weighted by atomic mass is 10.2. The van der Waals surface area contributed by atoms with Crippen molar-refractivity contribution in [1.82, 2.24) is 15.0 Å². The number of aromatic nitrogens is 4. The first kappa shape index (κ1) is 29.9. The highest BCUT2D eigenvalue weighted by atomic mass is 127. The zero-order chi connectivity index (χ0) is 28.0. The minimum Gasteiger partial charge on any atom is -1.00 e. The van der Waals surface area contributed by atoms with E-state index in [9.17, 15) is 46.2 Å². The molecular formula is C19H12ClIN6O10S2. The molecule has 0 aliphatic rings. The van der Waals surface area contributed by atoms with E-state index in [-0.39, 0.29) is 23.8 Å². The van der Waals surface area contributed by atoms with Gasteiger partial charge < -0.3 is 12.4 Å². The number of nitro groups is 2. The van der Waals surface area contributed by atoms with E-state index < -0.39 is 62.6 Å². The maximum absolute atomic E-state index is 12.1. The van der Waals surface area contributed by atoms with Crippen LogP contribution in [0, 0.1) is 23.8 Å². The molecule has 0 atom stereocenters. The van der Waals surface area contributed by atoms with Gasteiger partial charge in [-0.2, -0.15) is 16.8 Å². The summed E-state index contributed by atoms with van der Waals surface area (Å²) in [6.07, 6.45) is 0. The summed E-state index contributed by atoms with van der Waals surface area (Å²) >= 11 is 2.03. The highest BCUT2D eigenvalue weighted by Gasteiger charge is 2.33. The SMILES string of the molecule is O=[N+]([O-])c1ccc(-[n+]2nc(-c3ccc(S(=O)(=O)O)cc3S(=O)(=O)O)nn2-c2ccc(I)cc2)c([N+](=O)[O-])c1.[Cl-]. The summed E-state index contributed by atoms with van der Waals surface area (Å²) in [7, 11) is -9.96. The predicted molar refractivity (Wildman–Crippen MR) is 134 cm³/mol. The summed E-state index contributed by atoms with van der Waals surface area (Å²) in [4.78, 5) is 21.3. The van der Waals surface area contributed by atoms with Crippen molar-refractivity contribution in [3.63, 3.8) is 0 Å². The Kier molecular flexibility index (Phi) is 8.33. The van der Waals surface area contributed by atoms with E-state index in [0.29, 0.717) is 12.1 Å². The first-order valence-electron chi connectivity index (χ1n) is 9.85. The normalized spacial score (nSPS) is 11.6. The van der Waals surface area contributed by atoms with Crippen LogP contribution in [0.15, 0.2) is 70.5 Å². The molecule has 0 aliphatic carbocycles. The maximum Gasteiger partial charge on any atom is 0.341 e. The number of non-ortho nitro benzene ring substituents is 1. The fraction of sp³-hybridized carbons (Fsp3) is 0. The molecule has 0 radical (unpaired) electrons. The van der Waals surface area contributed by atoms with Gasteiger partial charge in [0.1, 0.15) is 10.6 Å². The fourth-order valence-corrected chi connectivity index (χ4v) is 4.95. The third kappa shape index (κ3) is 6.17. The van der Waals surface area contributed by atoms with E-state index in [1.54, 1.807) is 24.3 Å². The minimum absolute atomic E-state index is 0. The second-order valence-electron chi connectivity index (χ2n) is 7.37. The summed E-state index contributed by atoms with van der Waals surface area (Å²) in [6.45, 7) is 0. The van der Waals surface area contributed by atoms with Gasteiger partial charge in [0.2, 0.25) is 0 Å². The van der Waals surface area contributed by atoms with Crippen molar-refractivity contribution in [1.29, 1.82) is 0 Å². The Bertz CT molecular complexity index is 1850. The van der Waals surface area contributed by atoms with Crippen LogP contribution in [0.1, 0.15) is 0 Å². The Morgan fingerprint density at radius 3 is 2.05 bits per heavy atom. The van der Waals surface area contributed by atoms with Crippen LogP contribution in [-0.4, -0.2) is 50.8 Å². The van der Waals surface area contributed by atoms with Crippen molar-refractivity contribution < 1.29 is 53.0 Å². The molecule has 0 saturated carbocycles. The molecule has 1 heterocycles.